The topological polar surface area (TPSA) is 303 Å². The fraction of sp³-hybridized carbons (Fsp3) is 0.143. The van der Waals surface area contributed by atoms with Crippen molar-refractivity contribution in [1.82, 2.24) is 0 Å². The van der Waals surface area contributed by atoms with Gasteiger partial charge in [-0.25, -0.2) is 10.1 Å². The van der Waals surface area contributed by atoms with Crippen molar-refractivity contribution in [3.05, 3.63) is 72.8 Å². The third-order valence-electron chi connectivity index (χ3n) is 2.23. The second-order valence-electron chi connectivity index (χ2n) is 3.84. The molecular weight excluding hydrogens is 406 g/mol. The average molecular weight is 413 g/mol. The highest BCUT2D eigenvalue weighted by Crippen LogP contribution is 2.40. The second-order valence-corrected chi connectivity index (χ2v) is 3.84. The quantitative estimate of drug-likeness (QED) is 0.485. The lowest BCUT2D eigenvalue weighted by Gasteiger charge is -2.08. The number of non-ortho nitro benzene ring substituents is 1. The minimum Gasteiger partial charge on any atom is -0.328 e. The Morgan fingerprint density at radius 3 is 1.18 bits per heavy atom. The Kier molecular flexibility index (Phi) is 9.74. The second kappa shape index (κ2) is 10.8. The lowest BCUT2D eigenvalue weighted by atomic mass is 10.2. The molecule has 154 valence electrons. The van der Waals surface area contributed by atoms with Gasteiger partial charge < -0.3 is 10.4 Å². The van der Waals surface area contributed by atoms with E-state index in [9.17, 15) is 40.5 Å². The molecule has 21 nitrogen and oxygen atoms in total. The highest BCUT2D eigenvalue weighted by molar-refractivity contribution is 5.76. The summed E-state index contributed by atoms with van der Waals surface area (Å²) in [4.78, 5) is 56.1. The summed E-state index contributed by atoms with van der Waals surface area (Å²) in [5, 5.41) is 69.0. The number of hydrazine groups is 1. The molecule has 0 radical (unpaired) electrons. The summed E-state index contributed by atoms with van der Waals surface area (Å²) in [6, 6.07) is 0.838. The van der Waals surface area contributed by atoms with Crippen molar-refractivity contribution < 1.29 is 40.4 Å². The molecule has 0 spiro atoms. The molecule has 0 heterocycles. The van der Waals surface area contributed by atoms with Crippen LogP contribution in [0.15, 0.2) is 12.1 Å². The van der Waals surface area contributed by atoms with Gasteiger partial charge in [0.25, 0.3) is 21.5 Å². The van der Waals surface area contributed by atoms with Crippen LogP contribution in [-0.2, 0) is 0 Å². The van der Waals surface area contributed by atoms with E-state index in [-0.39, 0.29) is 5.01 Å². The van der Waals surface area contributed by atoms with Gasteiger partial charge in [-0.2, -0.15) is 0 Å². The molecule has 0 bridgehead atoms. The van der Waals surface area contributed by atoms with Crippen LogP contribution in [0.2, 0.25) is 0 Å². The Balaban J connectivity index is 0. The fourth-order valence-corrected chi connectivity index (χ4v) is 1.39. The maximum atomic E-state index is 10.8. The van der Waals surface area contributed by atoms with Crippen LogP contribution in [0.25, 0.3) is 0 Å². The number of nitro benzene ring substituents is 3. The third-order valence-corrected chi connectivity index (χ3v) is 2.23. The van der Waals surface area contributed by atoms with Crippen molar-refractivity contribution in [3.63, 3.8) is 0 Å². The summed E-state index contributed by atoms with van der Waals surface area (Å²) in [5.41, 5.74) is -4.07. The Hall–Kier alpha value is -4.98. The predicted octanol–water partition coefficient (Wildman–Crippen LogP) is 0.344. The first-order valence-electron chi connectivity index (χ1n) is 5.79. The number of hydrogen-bond acceptors (Lipinski definition) is 12. The van der Waals surface area contributed by atoms with Crippen molar-refractivity contribution >= 4 is 22.7 Å². The van der Waals surface area contributed by atoms with Crippen LogP contribution in [0.1, 0.15) is 0 Å². The summed E-state index contributed by atoms with van der Waals surface area (Å²) < 4.78 is 0. The lowest BCUT2D eigenvalue weighted by molar-refractivity contribution is -0.742. The van der Waals surface area contributed by atoms with Gasteiger partial charge in [-0.05, 0) is 0 Å². The SMILES string of the molecule is CN(c1c([N+](=O)[O-])cc([N+](=O)[O-])cc1[N+](=O)[O-])[N+](=O)[O-].O=[N+]([O-])O.O=[N+]([O-])O. The fourth-order valence-electron chi connectivity index (χ4n) is 1.39. The first-order chi connectivity index (χ1) is 12.6. The molecule has 0 atom stereocenters. The van der Waals surface area contributed by atoms with Crippen LogP contribution in [0.3, 0.4) is 0 Å². The molecule has 0 amide bonds. The van der Waals surface area contributed by atoms with E-state index in [4.69, 9.17) is 30.6 Å². The molecule has 1 aromatic carbocycles. The lowest BCUT2D eigenvalue weighted by Crippen LogP contribution is -2.26. The van der Waals surface area contributed by atoms with Crippen LogP contribution in [-0.4, -0.2) is 47.4 Å². The van der Waals surface area contributed by atoms with Crippen LogP contribution in [0, 0.1) is 60.7 Å². The van der Waals surface area contributed by atoms with Crippen molar-refractivity contribution in [3.8, 4) is 0 Å². The molecule has 0 saturated heterocycles. The number of hydrogen-bond donors (Lipinski definition) is 2. The van der Waals surface area contributed by atoms with Gasteiger partial charge in [0, 0.05) is 0 Å². The Labute approximate surface area is 149 Å². The number of nitrogens with zero attached hydrogens (tertiary/aromatic N) is 7. The maximum absolute atomic E-state index is 10.8. The molecule has 0 saturated carbocycles. The number of benzene rings is 1. The summed E-state index contributed by atoms with van der Waals surface area (Å²) in [7, 11) is 0.751. The molecule has 28 heavy (non-hydrogen) atoms. The smallest absolute Gasteiger partial charge is 0.312 e. The van der Waals surface area contributed by atoms with Gasteiger partial charge in [-0.15, -0.1) is 20.2 Å². The van der Waals surface area contributed by atoms with Crippen LogP contribution in [0.4, 0.5) is 22.7 Å². The van der Waals surface area contributed by atoms with Crippen LogP contribution in [0.5, 0.6) is 0 Å². The Bertz CT molecular complexity index is 752. The molecule has 0 fully saturated rings. The van der Waals surface area contributed by atoms with Crippen molar-refractivity contribution in [1.29, 1.82) is 0 Å². The van der Waals surface area contributed by atoms with Crippen molar-refractivity contribution in [2.75, 3.05) is 12.1 Å². The zero-order chi connectivity index (χ0) is 22.8. The maximum Gasteiger partial charge on any atom is 0.312 e. The summed E-state index contributed by atoms with van der Waals surface area (Å²) in [6.07, 6.45) is 0. The average Bonchev–Trinajstić information content (AvgIpc) is 2.51. The molecule has 1 aromatic rings. The molecular formula is C7H7N7O14. The van der Waals surface area contributed by atoms with Gasteiger partial charge in [0.1, 0.15) is 0 Å². The van der Waals surface area contributed by atoms with E-state index in [0.717, 1.165) is 7.05 Å². The van der Waals surface area contributed by atoms with Crippen molar-refractivity contribution in [2.45, 2.75) is 0 Å². The molecule has 0 aliphatic heterocycles. The van der Waals surface area contributed by atoms with Gasteiger partial charge in [0.05, 0.1) is 34.0 Å². The normalized spacial score (nSPS) is 8.75. The summed E-state index contributed by atoms with van der Waals surface area (Å²) in [6.45, 7) is 0. The first kappa shape index (κ1) is 25.3. The zero-order valence-corrected chi connectivity index (χ0v) is 13.1. The van der Waals surface area contributed by atoms with E-state index < -0.39 is 52.7 Å². The van der Waals surface area contributed by atoms with Crippen LogP contribution < -0.4 is 5.01 Å². The zero-order valence-electron chi connectivity index (χ0n) is 13.1. The molecule has 2 N–H and O–H groups in total. The van der Waals surface area contributed by atoms with Gasteiger partial charge in [-0.3, -0.25) is 30.3 Å². The third kappa shape index (κ3) is 8.76. The van der Waals surface area contributed by atoms with Gasteiger partial charge in [0.15, 0.2) is 5.03 Å². The molecule has 0 aliphatic carbocycles. The van der Waals surface area contributed by atoms with Gasteiger partial charge in [0.2, 0.25) is 0 Å². The first-order valence-corrected chi connectivity index (χ1v) is 5.79. The molecule has 0 aliphatic rings. The number of nitro groups is 4. The predicted molar refractivity (Wildman–Crippen MR) is 79.4 cm³/mol. The molecule has 1 rings (SSSR count). The standard InChI is InChI=1S/C7H5N5O8.2HNO3/c1-8(12(19)20)7-5(10(15)16)2-4(9(13)14)3-6(7)11(17)18;2*2-1(3)4/h2-3H,1H3;2*(H,2,3,4). The van der Waals surface area contributed by atoms with Gasteiger partial charge in [-0.1, -0.05) is 5.01 Å². The molecule has 21 heteroatoms. The molecule has 0 aromatic heterocycles. The van der Waals surface area contributed by atoms with Crippen molar-refractivity contribution in [2.24, 2.45) is 0 Å². The summed E-state index contributed by atoms with van der Waals surface area (Å²) >= 11 is 0. The number of anilines is 1. The largest absolute Gasteiger partial charge is 0.328 e. The highest BCUT2D eigenvalue weighted by Gasteiger charge is 2.37. The van der Waals surface area contributed by atoms with E-state index in [0.29, 0.717) is 12.1 Å². The monoisotopic (exact) mass is 413 g/mol. The van der Waals surface area contributed by atoms with Crippen LogP contribution >= 0.6 is 0 Å². The van der Waals surface area contributed by atoms with E-state index in [2.05, 4.69) is 0 Å². The van der Waals surface area contributed by atoms with Gasteiger partial charge >= 0.3 is 11.4 Å². The minimum absolute atomic E-state index is 0.0555. The minimum atomic E-state index is -1.50. The Morgan fingerprint density at radius 1 is 0.714 bits per heavy atom. The number of rotatable bonds is 5. The van der Waals surface area contributed by atoms with E-state index in [1.165, 1.54) is 0 Å². The summed E-state index contributed by atoms with van der Waals surface area (Å²) in [5.74, 6) is 0. The Morgan fingerprint density at radius 2 is 1.00 bits per heavy atom. The van der Waals surface area contributed by atoms with E-state index in [1.807, 2.05) is 0 Å². The highest BCUT2D eigenvalue weighted by atomic mass is 16.9. The van der Waals surface area contributed by atoms with E-state index >= 15 is 0 Å². The molecule has 0 unspecified atom stereocenters. The van der Waals surface area contributed by atoms with E-state index in [1.54, 1.807) is 0 Å².